The van der Waals surface area contributed by atoms with Gasteiger partial charge in [0.1, 0.15) is 0 Å². The van der Waals surface area contributed by atoms with Gasteiger partial charge in [0.25, 0.3) is 5.91 Å². The summed E-state index contributed by atoms with van der Waals surface area (Å²) in [6, 6.07) is 12.0. The molecule has 2 aliphatic heterocycles. The summed E-state index contributed by atoms with van der Waals surface area (Å²) in [5.74, 6) is 0.274. The van der Waals surface area contributed by atoms with Crippen LogP contribution in [0.5, 0.6) is 0 Å². The van der Waals surface area contributed by atoms with Crippen molar-refractivity contribution in [1.29, 1.82) is 0 Å². The summed E-state index contributed by atoms with van der Waals surface area (Å²) >= 11 is 7.98. The molecule has 1 amide bonds. The van der Waals surface area contributed by atoms with Gasteiger partial charge in [-0.15, -0.1) is 0 Å². The number of nitrogens with one attached hydrogen (secondary N) is 1. The lowest BCUT2D eigenvalue weighted by Gasteiger charge is -2.45. The van der Waals surface area contributed by atoms with Crippen LogP contribution in [-0.4, -0.2) is 23.7 Å². The van der Waals surface area contributed by atoms with Crippen LogP contribution in [0, 0.1) is 6.92 Å². The predicted octanol–water partition coefficient (Wildman–Crippen LogP) is 6.26. The number of hydrogen-bond acceptors (Lipinski definition) is 4. The third kappa shape index (κ3) is 3.88. The fourth-order valence-electron chi connectivity index (χ4n) is 4.14. The van der Waals surface area contributed by atoms with E-state index in [0.717, 1.165) is 28.9 Å². The SMILES string of the molecule is Cc1ccccc1N=C1NC(=O)/C(=C/c2cc3c(cc2Cl)N(C)C(C)(C)CC3C)S1. The largest absolute Gasteiger partial charge is 0.369 e. The van der Waals surface area contributed by atoms with E-state index in [1.807, 2.05) is 43.3 Å². The van der Waals surface area contributed by atoms with Crippen LogP contribution in [0.15, 0.2) is 46.3 Å². The molecule has 0 aliphatic carbocycles. The van der Waals surface area contributed by atoms with Gasteiger partial charge in [0.2, 0.25) is 0 Å². The maximum absolute atomic E-state index is 12.5. The van der Waals surface area contributed by atoms with Crippen molar-refractivity contribution in [3.8, 4) is 0 Å². The number of halogens is 1. The first-order valence-corrected chi connectivity index (χ1v) is 11.3. The van der Waals surface area contributed by atoms with Gasteiger partial charge >= 0.3 is 0 Å². The van der Waals surface area contributed by atoms with Gasteiger partial charge in [-0.3, -0.25) is 4.79 Å². The van der Waals surface area contributed by atoms with E-state index in [0.29, 0.717) is 21.0 Å². The van der Waals surface area contributed by atoms with E-state index >= 15 is 0 Å². The molecular formula is C24H26ClN3OS. The maximum atomic E-state index is 12.5. The molecular weight excluding hydrogens is 414 g/mol. The van der Waals surface area contributed by atoms with Gasteiger partial charge in [0.05, 0.1) is 10.6 Å². The zero-order valence-corrected chi connectivity index (χ0v) is 19.5. The number of para-hydroxylation sites is 1. The maximum Gasteiger partial charge on any atom is 0.264 e. The Morgan fingerprint density at radius 1 is 1.30 bits per heavy atom. The summed E-state index contributed by atoms with van der Waals surface area (Å²) in [6.07, 6.45) is 2.94. The number of amides is 1. The number of hydrogen-bond donors (Lipinski definition) is 1. The van der Waals surface area contributed by atoms with Gasteiger partial charge < -0.3 is 10.2 Å². The van der Waals surface area contributed by atoms with Crippen molar-refractivity contribution in [3.05, 3.63) is 63.0 Å². The third-order valence-corrected chi connectivity index (χ3v) is 7.26. The first-order chi connectivity index (χ1) is 14.2. The molecule has 0 saturated carbocycles. The highest BCUT2D eigenvalue weighted by molar-refractivity contribution is 8.18. The molecule has 1 atom stereocenters. The minimum atomic E-state index is -0.146. The monoisotopic (exact) mass is 439 g/mol. The van der Waals surface area contributed by atoms with Crippen molar-refractivity contribution in [1.82, 2.24) is 5.32 Å². The second kappa shape index (κ2) is 7.78. The smallest absolute Gasteiger partial charge is 0.264 e. The Morgan fingerprint density at radius 3 is 2.77 bits per heavy atom. The minimum absolute atomic E-state index is 0.0812. The average molecular weight is 440 g/mol. The van der Waals surface area contributed by atoms with E-state index in [-0.39, 0.29) is 11.4 Å². The molecule has 6 heteroatoms. The Hall–Kier alpha value is -2.24. The third-order valence-electron chi connectivity index (χ3n) is 6.03. The van der Waals surface area contributed by atoms with E-state index < -0.39 is 0 Å². The van der Waals surface area contributed by atoms with Crippen molar-refractivity contribution in [2.24, 2.45) is 4.99 Å². The number of anilines is 1. The van der Waals surface area contributed by atoms with Crippen LogP contribution in [0.3, 0.4) is 0 Å². The molecule has 0 bridgehead atoms. The number of carbonyl (C=O) groups excluding carboxylic acids is 1. The Kier molecular flexibility index (Phi) is 5.45. The number of thioether (sulfide) groups is 1. The average Bonchev–Trinajstić information content (AvgIpc) is 3.02. The first-order valence-electron chi connectivity index (χ1n) is 10.1. The van der Waals surface area contributed by atoms with Crippen molar-refractivity contribution < 1.29 is 4.79 Å². The Balaban J connectivity index is 1.67. The molecule has 1 saturated heterocycles. The second-order valence-corrected chi connectivity index (χ2v) is 10.1. The van der Waals surface area contributed by atoms with Crippen molar-refractivity contribution in [3.63, 3.8) is 0 Å². The summed E-state index contributed by atoms with van der Waals surface area (Å²) in [5.41, 5.74) is 5.30. The fraction of sp³-hybridized carbons (Fsp3) is 0.333. The molecule has 2 aliphatic rings. The predicted molar refractivity (Wildman–Crippen MR) is 129 cm³/mol. The van der Waals surface area contributed by atoms with E-state index in [2.05, 4.69) is 49.1 Å². The molecule has 1 fully saturated rings. The van der Waals surface area contributed by atoms with E-state index in [1.165, 1.54) is 17.3 Å². The number of carbonyl (C=O) groups is 1. The molecule has 30 heavy (non-hydrogen) atoms. The molecule has 0 aromatic heterocycles. The summed E-state index contributed by atoms with van der Waals surface area (Å²) in [5, 5.41) is 4.10. The van der Waals surface area contributed by atoms with E-state index in [9.17, 15) is 4.79 Å². The lowest BCUT2D eigenvalue weighted by atomic mass is 9.80. The first kappa shape index (κ1) is 21.0. The van der Waals surface area contributed by atoms with Gasteiger partial charge in [-0.2, -0.15) is 0 Å². The highest BCUT2D eigenvalue weighted by atomic mass is 35.5. The molecule has 4 rings (SSSR count). The zero-order valence-electron chi connectivity index (χ0n) is 17.9. The van der Waals surface area contributed by atoms with Gasteiger partial charge in [0, 0.05) is 23.3 Å². The minimum Gasteiger partial charge on any atom is -0.369 e. The highest BCUT2D eigenvalue weighted by Gasteiger charge is 2.34. The van der Waals surface area contributed by atoms with Gasteiger partial charge in [-0.1, -0.05) is 36.7 Å². The number of nitrogens with zero attached hydrogens (tertiary/aromatic N) is 2. The van der Waals surface area contributed by atoms with Crippen LogP contribution in [0.1, 0.15) is 49.8 Å². The van der Waals surface area contributed by atoms with Gasteiger partial charge in [0.15, 0.2) is 5.17 Å². The standard InChI is InChI=1S/C24H26ClN3OS/c1-14-8-6-7-9-19(14)26-23-27-22(29)21(30-23)11-16-10-17-15(2)13-24(3,4)28(5)20(17)12-18(16)25/h6-12,15H,13H2,1-5H3,(H,26,27,29)/b21-11-. The van der Waals surface area contributed by atoms with Crippen LogP contribution in [0.4, 0.5) is 11.4 Å². The Morgan fingerprint density at radius 2 is 2.03 bits per heavy atom. The number of amidine groups is 1. The molecule has 1 N–H and O–H groups in total. The zero-order chi connectivity index (χ0) is 21.6. The summed E-state index contributed by atoms with van der Waals surface area (Å²) in [7, 11) is 2.12. The molecule has 2 aromatic rings. The summed E-state index contributed by atoms with van der Waals surface area (Å²) < 4.78 is 0. The molecule has 4 nitrogen and oxygen atoms in total. The van der Waals surface area contributed by atoms with Crippen LogP contribution in [-0.2, 0) is 4.79 Å². The van der Waals surface area contributed by atoms with Crippen molar-refractivity contribution in [2.45, 2.75) is 45.6 Å². The van der Waals surface area contributed by atoms with Crippen LogP contribution < -0.4 is 10.2 Å². The number of aliphatic imine (C=N–C) groups is 1. The number of benzene rings is 2. The van der Waals surface area contributed by atoms with Crippen LogP contribution in [0.25, 0.3) is 6.08 Å². The van der Waals surface area contributed by atoms with Crippen LogP contribution in [0.2, 0.25) is 5.02 Å². The highest BCUT2D eigenvalue weighted by Crippen LogP contribution is 2.45. The molecule has 0 radical (unpaired) electrons. The summed E-state index contributed by atoms with van der Waals surface area (Å²) in [6.45, 7) is 8.77. The number of rotatable bonds is 2. The normalized spacial score (nSPS) is 23.1. The number of aryl methyl sites for hydroxylation is 1. The molecule has 0 spiro atoms. The van der Waals surface area contributed by atoms with Crippen molar-refractivity contribution in [2.75, 3.05) is 11.9 Å². The number of fused-ring (bicyclic) bond motifs is 1. The molecule has 1 unspecified atom stereocenters. The lowest BCUT2D eigenvalue weighted by molar-refractivity contribution is -0.115. The lowest BCUT2D eigenvalue weighted by Crippen LogP contribution is -2.45. The van der Waals surface area contributed by atoms with E-state index in [1.54, 1.807) is 0 Å². The van der Waals surface area contributed by atoms with Crippen molar-refractivity contribution >= 4 is 51.9 Å². The quantitative estimate of drug-likeness (QED) is 0.561. The van der Waals surface area contributed by atoms with Crippen LogP contribution >= 0.6 is 23.4 Å². The second-order valence-electron chi connectivity index (χ2n) is 8.68. The molecule has 156 valence electrons. The molecule has 2 heterocycles. The fourth-order valence-corrected chi connectivity index (χ4v) is 5.17. The Bertz CT molecular complexity index is 1090. The van der Waals surface area contributed by atoms with Gasteiger partial charge in [-0.05, 0) is 85.8 Å². The Labute approximate surface area is 187 Å². The topological polar surface area (TPSA) is 44.7 Å². The van der Waals surface area contributed by atoms with Gasteiger partial charge in [-0.25, -0.2) is 4.99 Å². The van der Waals surface area contributed by atoms with E-state index in [4.69, 9.17) is 11.6 Å². The molecule has 2 aromatic carbocycles. The summed E-state index contributed by atoms with van der Waals surface area (Å²) in [4.78, 5) is 20.0.